The summed E-state index contributed by atoms with van der Waals surface area (Å²) in [6.45, 7) is 2.83. The second kappa shape index (κ2) is 8.21. The molecule has 4 rings (SSSR count). The van der Waals surface area contributed by atoms with Gasteiger partial charge in [0.05, 0.1) is 15.7 Å². The molecule has 1 aromatic carbocycles. The molecule has 0 unspecified atom stereocenters. The Kier molecular flexibility index (Phi) is 5.69. The second-order valence-corrected chi connectivity index (χ2v) is 8.29. The van der Waals surface area contributed by atoms with Gasteiger partial charge in [-0.2, -0.15) is 0 Å². The Labute approximate surface area is 173 Å². The van der Waals surface area contributed by atoms with Crippen molar-refractivity contribution in [2.75, 3.05) is 36.0 Å². The molecular formula is C20H24Cl2N4O2. The number of benzene rings is 1. The average Bonchev–Trinajstić information content (AvgIpc) is 2.70. The van der Waals surface area contributed by atoms with E-state index in [-0.39, 0.29) is 17.3 Å². The number of anilines is 2. The summed E-state index contributed by atoms with van der Waals surface area (Å²) in [5.74, 6) is 0.596. The third-order valence-electron chi connectivity index (χ3n) is 5.78. The molecule has 1 saturated carbocycles. The van der Waals surface area contributed by atoms with E-state index in [1.165, 1.54) is 11.0 Å². The minimum atomic E-state index is -0.297. The number of nitrogens with zero attached hydrogens (tertiary/aromatic N) is 3. The first-order valence-electron chi connectivity index (χ1n) is 9.84. The van der Waals surface area contributed by atoms with E-state index in [1.807, 2.05) is 17.0 Å². The minimum absolute atomic E-state index is 0.0286. The molecule has 0 radical (unpaired) electrons. The van der Waals surface area contributed by atoms with Crippen molar-refractivity contribution < 1.29 is 0 Å². The number of nitrogens with one attached hydrogen (secondary N) is 1. The number of hydrogen-bond donors (Lipinski definition) is 1. The van der Waals surface area contributed by atoms with Crippen LogP contribution in [0.25, 0.3) is 0 Å². The van der Waals surface area contributed by atoms with Crippen molar-refractivity contribution in [3.05, 3.63) is 55.1 Å². The zero-order chi connectivity index (χ0) is 19.7. The van der Waals surface area contributed by atoms with Crippen LogP contribution in [0.1, 0.15) is 38.1 Å². The Morgan fingerprint density at radius 1 is 0.929 bits per heavy atom. The summed E-state index contributed by atoms with van der Waals surface area (Å²) >= 11 is 12.5. The van der Waals surface area contributed by atoms with E-state index >= 15 is 0 Å². The highest BCUT2D eigenvalue weighted by Crippen LogP contribution is 2.33. The topological polar surface area (TPSA) is 61.3 Å². The molecule has 6 nitrogen and oxygen atoms in total. The van der Waals surface area contributed by atoms with Crippen molar-refractivity contribution in [2.24, 2.45) is 0 Å². The van der Waals surface area contributed by atoms with Gasteiger partial charge in [-0.3, -0.25) is 14.3 Å². The van der Waals surface area contributed by atoms with Crippen LogP contribution in [0.5, 0.6) is 0 Å². The Hall–Kier alpha value is -1.92. The third kappa shape index (κ3) is 3.80. The van der Waals surface area contributed by atoms with Crippen LogP contribution in [-0.4, -0.2) is 35.7 Å². The number of hydrogen-bond acceptors (Lipinski definition) is 4. The van der Waals surface area contributed by atoms with E-state index < -0.39 is 0 Å². The highest BCUT2D eigenvalue weighted by Gasteiger charge is 2.23. The van der Waals surface area contributed by atoms with Crippen LogP contribution < -0.4 is 21.0 Å². The molecule has 2 aliphatic rings. The van der Waals surface area contributed by atoms with Crippen molar-refractivity contribution in [1.82, 2.24) is 9.55 Å². The first-order valence-corrected chi connectivity index (χ1v) is 10.6. The predicted octanol–water partition coefficient (Wildman–Crippen LogP) is 3.68. The zero-order valence-electron chi connectivity index (χ0n) is 15.7. The molecule has 2 fully saturated rings. The van der Waals surface area contributed by atoms with Crippen LogP contribution >= 0.6 is 23.2 Å². The van der Waals surface area contributed by atoms with E-state index in [0.29, 0.717) is 29.0 Å². The smallest absolute Gasteiger partial charge is 0.330 e. The lowest BCUT2D eigenvalue weighted by atomic mass is 9.95. The Morgan fingerprint density at radius 3 is 2.29 bits per heavy atom. The van der Waals surface area contributed by atoms with E-state index in [9.17, 15) is 9.59 Å². The summed E-state index contributed by atoms with van der Waals surface area (Å²) in [7, 11) is 0. The second-order valence-electron chi connectivity index (χ2n) is 7.51. The lowest BCUT2D eigenvalue weighted by molar-refractivity contribution is 0.336. The molecule has 1 saturated heterocycles. The van der Waals surface area contributed by atoms with E-state index in [4.69, 9.17) is 23.2 Å². The maximum absolute atomic E-state index is 12.6. The molecule has 1 aromatic heterocycles. The summed E-state index contributed by atoms with van der Waals surface area (Å²) < 4.78 is 1.41. The van der Waals surface area contributed by atoms with Gasteiger partial charge >= 0.3 is 5.69 Å². The van der Waals surface area contributed by atoms with Crippen molar-refractivity contribution in [3.63, 3.8) is 0 Å². The summed E-state index contributed by atoms with van der Waals surface area (Å²) in [6, 6.07) is 7.21. The van der Waals surface area contributed by atoms with E-state index in [0.717, 1.165) is 44.5 Å². The summed E-state index contributed by atoms with van der Waals surface area (Å²) in [5, 5.41) is 1.10. The van der Waals surface area contributed by atoms with Crippen LogP contribution in [0, 0.1) is 0 Å². The summed E-state index contributed by atoms with van der Waals surface area (Å²) in [6.07, 6.45) is 5.14. The van der Waals surface area contributed by atoms with Gasteiger partial charge in [0.25, 0.3) is 5.56 Å². The molecular weight excluding hydrogens is 399 g/mol. The highest BCUT2D eigenvalue weighted by atomic mass is 35.5. The van der Waals surface area contributed by atoms with E-state index in [2.05, 4.69) is 9.88 Å². The zero-order valence-corrected chi connectivity index (χ0v) is 17.2. The minimum Gasteiger partial charge on any atom is -0.367 e. The lowest BCUT2D eigenvalue weighted by Crippen LogP contribution is -2.48. The first kappa shape index (κ1) is 19.4. The number of aromatic nitrogens is 2. The standard InChI is InChI=1S/C20H24Cl2N4O2/c21-15-7-4-8-16(19(15)22)24-9-11-25(12-10-24)17-13-18(27)26(20(28)23-17)14-5-2-1-3-6-14/h4,7-8,13-14H,1-3,5-6,9-12H2,(H,23,28). The maximum Gasteiger partial charge on any atom is 0.330 e. The van der Waals surface area contributed by atoms with Gasteiger partial charge in [0.2, 0.25) is 0 Å². The van der Waals surface area contributed by atoms with Gasteiger partial charge in [-0.15, -0.1) is 0 Å². The fourth-order valence-corrected chi connectivity index (χ4v) is 4.69. The van der Waals surface area contributed by atoms with Crippen molar-refractivity contribution in [2.45, 2.75) is 38.1 Å². The molecule has 1 aliphatic heterocycles. The third-order valence-corrected chi connectivity index (χ3v) is 6.59. The monoisotopic (exact) mass is 422 g/mol. The molecule has 28 heavy (non-hydrogen) atoms. The molecule has 0 atom stereocenters. The van der Waals surface area contributed by atoms with Gasteiger partial charge in [-0.05, 0) is 25.0 Å². The maximum atomic E-state index is 12.6. The predicted molar refractivity (Wildman–Crippen MR) is 114 cm³/mol. The van der Waals surface area contributed by atoms with Gasteiger partial charge < -0.3 is 9.80 Å². The van der Waals surface area contributed by atoms with E-state index in [1.54, 1.807) is 12.1 Å². The molecule has 8 heteroatoms. The molecule has 0 bridgehead atoms. The van der Waals surface area contributed by atoms with Gasteiger partial charge in [0.15, 0.2) is 0 Å². The SMILES string of the molecule is O=c1cc(N2CCN(c3cccc(Cl)c3Cl)CC2)[nH]c(=O)n1C1CCCCC1. The molecule has 150 valence electrons. The molecule has 0 spiro atoms. The van der Waals surface area contributed by atoms with Gasteiger partial charge in [-0.25, -0.2) is 4.79 Å². The lowest BCUT2D eigenvalue weighted by Gasteiger charge is -2.37. The quantitative estimate of drug-likeness (QED) is 0.819. The molecule has 2 heterocycles. The number of H-pyrrole nitrogens is 1. The summed E-state index contributed by atoms with van der Waals surface area (Å²) in [5.41, 5.74) is 0.413. The largest absolute Gasteiger partial charge is 0.367 e. The normalized spacial score (nSPS) is 18.5. The first-order chi connectivity index (χ1) is 13.5. The molecule has 0 amide bonds. The number of rotatable bonds is 3. The van der Waals surface area contributed by atoms with Gasteiger partial charge in [0.1, 0.15) is 5.82 Å². The number of halogens is 2. The molecule has 2 aromatic rings. The van der Waals surface area contributed by atoms with Crippen LogP contribution in [-0.2, 0) is 0 Å². The average molecular weight is 423 g/mol. The van der Waals surface area contributed by atoms with Crippen LogP contribution in [0.15, 0.2) is 33.9 Å². The Bertz CT molecular complexity index is 926. The van der Waals surface area contributed by atoms with Crippen molar-refractivity contribution >= 4 is 34.7 Å². The Balaban J connectivity index is 1.50. The van der Waals surface area contributed by atoms with Crippen molar-refractivity contribution in [3.8, 4) is 0 Å². The van der Waals surface area contributed by atoms with Crippen LogP contribution in [0.2, 0.25) is 10.0 Å². The fourth-order valence-electron chi connectivity index (χ4n) is 4.27. The Morgan fingerprint density at radius 2 is 1.61 bits per heavy atom. The number of aromatic amines is 1. The highest BCUT2D eigenvalue weighted by molar-refractivity contribution is 6.43. The van der Waals surface area contributed by atoms with Gasteiger partial charge in [0, 0.05) is 38.3 Å². The summed E-state index contributed by atoms with van der Waals surface area (Å²) in [4.78, 5) is 32.4. The van der Waals surface area contributed by atoms with Crippen LogP contribution in [0.4, 0.5) is 11.5 Å². The van der Waals surface area contributed by atoms with Crippen LogP contribution in [0.3, 0.4) is 0 Å². The van der Waals surface area contributed by atoms with Crippen molar-refractivity contribution in [1.29, 1.82) is 0 Å². The fraction of sp³-hybridized carbons (Fsp3) is 0.500. The molecule has 1 aliphatic carbocycles. The number of piperazine rings is 1. The molecule has 1 N–H and O–H groups in total. The van der Waals surface area contributed by atoms with Gasteiger partial charge in [-0.1, -0.05) is 48.5 Å².